The predicted molar refractivity (Wildman–Crippen MR) is 102 cm³/mol. The maximum absolute atomic E-state index is 12.7. The zero-order valence-corrected chi connectivity index (χ0v) is 16.1. The summed E-state index contributed by atoms with van der Waals surface area (Å²) in [6, 6.07) is 4.22. The van der Waals surface area contributed by atoms with Gasteiger partial charge in [-0.05, 0) is 37.5 Å². The third-order valence-corrected chi connectivity index (χ3v) is 6.07. The second-order valence-corrected chi connectivity index (χ2v) is 8.06. The van der Waals surface area contributed by atoms with Crippen molar-refractivity contribution in [3.63, 3.8) is 0 Å². The highest BCUT2D eigenvalue weighted by molar-refractivity contribution is 7.99. The molecule has 3 rings (SSSR count). The van der Waals surface area contributed by atoms with Crippen LogP contribution in [-0.2, 0) is 16.0 Å². The highest BCUT2D eigenvalue weighted by Gasteiger charge is 2.30. The number of nitrogens with one attached hydrogen (secondary N) is 1. The smallest absolute Gasteiger partial charge is 0.240 e. The maximum Gasteiger partial charge on any atom is 0.240 e. The van der Waals surface area contributed by atoms with E-state index in [1.165, 1.54) is 16.7 Å². The number of hydrogen-bond donors (Lipinski definition) is 1. The van der Waals surface area contributed by atoms with Crippen molar-refractivity contribution in [2.75, 3.05) is 37.8 Å². The molecule has 1 N–H and O–H groups in total. The zero-order valence-electron chi connectivity index (χ0n) is 15.3. The van der Waals surface area contributed by atoms with Gasteiger partial charge in [-0.25, -0.2) is 0 Å². The van der Waals surface area contributed by atoms with Gasteiger partial charge in [-0.2, -0.15) is 0 Å². The van der Waals surface area contributed by atoms with E-state index >= 15 is 0 Å². The fraction of sp³-hybridized carbons (Fsp3) is 0.579. The molecule has 2 aliphatic rings. The minimum Gasteiger partial charge on any atom is -0.339 e. The second-order valence-electron chi connectivity index (χ2n) is 7.03. The van der Waals surface area contributed by atoms with Crippen LogP contribution in [0.2, 0.25) is 0 Å². The van der Waals surface area contributed by atoms with E-state index in [1.807, 2.05) is 9.80 Å². The van der Waals surface area contributed by atoms with Crippen LogP contribution >= 0.6 is 11.8 Å². The molecular weight excluding hydrogens is 334 g/mol. The second kappa shape index (κ2) is 7.79. The number of thioether (sulfide) groups is 1. The van der Waals surface area contributed by atoms with Gasteiger partial charge in [-0.1, -0.05) is 17.7 Å². The van der Waals surface area contributed by atoms with Crippen LogP contribution in [0.25, 0.3) is 0 Å². The Morgan fingerprint density at radius 2 is 1.68 bits per heavy atom. The lowest BCUT2D eigenvalue weighted by atomic mass is 9.97. The molecule has 6 heteroatoms. The van der Waals surface area contributed by atoms with Crippen LogP contribution in [-0.4, -0.2) is 65.5 Å². The molecule has 0 spiro atoms. The van der Waals surface area contributed by atoms with Gasteiger partial charge < -0.3 is 9.80 Å². The molecule has 2 heterocycles. The van der Waals surface area contributed by atoms with Crippen molar-refractivity contribution >= 4 is 23.6 Å². The number of aryl methyl sites for hydroxylation is 3. The molecule has 0 aromatic heterocycles. The quantitative estimate of drug-likeness (QED) is 0.886. The molecule has 25 heavy (non-hydrogen) atoms. The van der Waals surface area contributed by atoms with Crippen molar-refractivity contribution in [3.05, 3.63) is 34.4 Å². The lowest BCUT2D eigenvalue weighted by Crippen LogP contribution is -2.54. The number of piperazine rings is 1. The third kappa shape index (κ3) is 4.18. The van der Waals surface area contributed by atoms with Gasteiger partial charge >= 0.3 is 0 Å². The summed E-state index contributed by atoms with van der Waals surface area (Å²) in [7, 11) is 0. The fourth-order valence-corrected chi connectivity index (χ4v) is 4.64. The highest BCUT2D eigenvalue weighted by atomic mass is 32.2. The van der Waals surface area contributed by atoms with E-state index in [2.05, 4.69) is 38.2 Å². The van der Waals surface area contributed by atoms with Crippen molar-refractivity contribution in [3.8, 4) is 0 Å². The Morgan fingerprint density at radius 3 is 2.24 bits per heavy atom. The average Bonchev–Trinajstić information content (AvgIpc) is 3.12. The summed E-state index contributed by atoms with van der Waals surface area (Å²) in [5.74, 6) is 2.05. The third-order valence-electron chi connectivity index (χ3n) is 5.13. The van der Waals surface area contributed by atoms with Crippen molar-refractivity contribution in [2.45, 2.75) is 33.2 Å². The molecule has 2 amide bonds. The Hall–Kier alpha value is -1.53. The summed E-state index contributed by atoms with van der Waals surface area (Å²) in [6.07, 6.45) is 0.451. The van der Waals surface area contributed by atoms with Gasteiger partial charge in [0.05, 0.1) is 12.5 Å². The number of amides is 2. The van der Waals surface area contributed by atoms with Crippen molar-refractivity contribution < 1.29 is 9.59 Å². The molecule has 0 saturated carbocycles. The lowest BCUT2D eigenvalue weighted by Gasteiger charge is -2.36. The fourth-order valence-electron chi connectivity index (χ4n) is 3.70. The molecule has 136 valence electrons. The summed E-state index contributed by atoms with van der Waals surface area (Å²) in [5, 5.41) is 3.23. The number of carbonyl (C=O) groups excluding carboxylic acids is 2. The molecule has 0 aliphatic carbocycles. The van der Waals surface area contributed by atoms with Crippen LogP contribution in [0.15, 0.2) is 12.1 Å². The molecule has 1 atom stereocenters. The summed E-state index contributed by atoms with van der Waals surface area (Å²) >= 11 is 1.76. The molecule has 2 saturated heterocycles. The minimum atomic E-state index is -0.0508. The summed E-state index contributed by atoms with van der Waals surface area (Å²) in [4.78, 5) is 28.9. The Kier molecular flexibility index (Phi) is 5.69. The molecule has 1 aromatic rings. The first kappa shape index (κ1) is 18.3. The first-order valence-electron chi connectivity index (χ1n) is 8.90. The van der Waals surface area contributed by atoms with Gasteiger partial charge in [-0.3, -0.25) is 14.9 Å². The van der Waals surface area contributed by atoms with Gasteiger partial charge in [0.1, 0.15) is 0 Å². The Bertz CT molecular complexity index is 640. The van der Waals surface area contributed by atoms with E-state index in [-0.39, 0.29) is 17.9 Å². The molecule has 2 aliphatic heterocycles. The minimum absolute atomic E-state index is 0.0508. The Balaban J connectivity index is 1.56. The number of rotatable bonds is 3. The Labute approximate surface area is 154 Å². The van der Waals surface area contributed by atoms with E-state index in [0.717, 1.165) is 17.2 Å². The van der Waals surface area contributed by atoms with E-state index in [1.54, 1.807) is 11.8 Å². The molecule has 1 unspecified atom stereocenters. The maximum atomic E-state index is 12.7. The summed E-state index contributed by atoms with van der Waals surface area (Å²) < 4.78 is 0. The van der Waals surface area contributed by atoms with Gasteiger partial charge in [0.2, 0.25) is 11.8 Å². The summed E-state index contributed by atoms with van der Waals surface area (Å²) in [6.45, 7) is 8.78. The van der Waals surface area contributed by atoms with Crippen LogP contribution in [0.4, 0.5) is 0 Å². The van der Waals surface area contributed by atoms with Crippen LogP contribution in [0.3, 0.4) is 0 Å². The molecular formula is C19H27N3O2S. The predicted octanol–water partition coefficient (Wildman–Crippen LogP) is 1.49. The van der Waals surface area contributed by atoms with E-state index in [9.17, 15) is 9.59 Å². The van der Waals surface area contributed by atoms with Crippen LogP contribution in [0, 0.1) is 20.8 Å². The van der Waals surface area contributed by atoms with Crippen LogP contribution in [0.1, 0.15) is 22.3 Å². The van der Waals surface area contributed by atoms with Crippen molar-refractivity contribution in [2.24, 2.45) is 0 Å². The molecule has 0 bridgehead atoms. The first-order chi connectivity index (χ1) is 12.0. The van der Waals surface area contributed by atoms with E-state index < -0.39 is 0 Å². The number of carbonyl (C=O) groups is 2. The van der Waals surface area contributed by atoms with Gasteiger partial charge in [0.25, 0.3) is 0 Å². The average molecular weight is 362 g/mol. The van der Waals surface area contributed by atoms with Gasteiger partial charge in [0.15, 0.2) is 0 Å². The number of benzene rings is 1. The number of hydrogen-bond acceptors (Lipinski definition) is 4. The summed E-state index contributed by atoms with van der Waals surface area (Å²) in [5.41, 5.74) is 4.74. The van der Waals surface area contributed by atoms with Gasteiger partial charge in [0, 0.05) is 37.8 Å². The monoisotopic (exact) mass is 361 g/mol. The standard InChI is InChI=1S/C19H27N3O2S/c1-13-8-14(2)16(15(3)9-13)10-18(23)21-4-6-22(7-5-21)19(24)17-11-25-12-20-17/h8-9,17,20H,4-7,10-12H2,1-3H3. The normalized spacial score (nSPS) is 20.8. The zero-order chi connectivity index (χ0) is 18.0. The largest absolute Gasteiger partial charge is 0.339 e. The Morgan fingerprint density at radius 1 is 1.08 bits per heavy atom. The van der Waals surface area contributed by atoms with E-state index in [0.29, 0.717) is 32.6 Å². The highest BCUT2D eigenvalue weighted by Crippen LogP contribution is 2.19. The topological polar surface area (TPSA) is 52.7 Å². The van der Waals surface area contributed by atoms with Crippen molar-refractivity contribution in [1.29, 1.82) is 0 Å². The lowest BCUT2D eigenvalue weighted by molar-refractivity contribution is -0.140. The van der Waals surface area contributed by atoms with Gasteiger partial charge in [-0.15, -0.1) is 11.8 Å². The SMILES string of the molecule is Cc1cc(C)c(CC(=O)N2CCN(C(=O)C3CSCN3)CC2)c(C)c1. The molecule has 0 radical (unpaired) electrons. The van der Waals surface area contributed by atoms with Crippen LogP contribution < -0.4 is 5.32 Å². The van der Waals surface area contributed by atoms with Crippen molar-refractivity contribution in [1.82, 2.24) is 15.1 Å². The van der Waals surface area contributed by atoms with E-state index in [4.69, 9.17) is 0 Å². The number of nitrogens with zero attached hydrogens (tertiary/aromatic N) is 2. The molecule has 2 fully saturated rings. The van der Waals surface area contributed by atoms with Crippen LogP contribution in [0.5, 0.6) is 0 Å². The molecule has 5 nitrogen and oxygen atoms in total. The first-order valence-corrected chi connectivity index (χ1v) is 10.1. The molecule has 1 aromatic carbocycles.